The summed E-state index contributed by atoms with van der Waals surface area (Å²) in [5, 5.41) is 15.9. The lowest BCUT2D eigenvalue weighted by molar-refractivity contribution is -0.689. The maximum absolute atomic E-state index is 12.7. The first-order valence-electron chi connectivity index (χ1n) is 9.34. The monoisotopic (exact) mass is 476 g/mol. The largest absolute Gasteiger partial charge is 0.543 e. The number of nitrogens with two attached hydrogens (primary N) is 1. The topological polar surface area (TPSA) is 168 Å². The minimum atomic E-state index is -1.44. The first kappa shape index (κ1) is 23.4. The SMILES string of the molecule is NC(=O)c1cc[n+](CC2=C(C(=O)[O-])N3C(=O)[C@@H](NC(=O)Cc4cccs4)[C@H]3SC2)cc1.O. The van der Waals surface area contributed by atoms with Crippen molar-refractivity contribution in [2.45, 2.75) is 24.4 Å². The number of carbonyl (C=O) groups is 4. The lowest BCUT2D eigenvalue weighted by atomic mass is 10.0. The van der Waals surface area contributed by atoms with Gasteiger partial charge in [0, 0.05) is 28.3 Å². The molecule has 0 radical (unpaired) electrons. The zero-order valence-corrected chi connectivity index (χ0v) is 18.3. The number of fused-ring (bicyclic) bond motifs is 1. The fourth-order valence-electron chi connectivity index (χ4n) is 3.54. The van der Waals surface area contributed by atoms with Crippen LogP contribution in [0.3, 0.4) is 0 Å². The van der Waals surface area contributed by atoms with Crippen LogP contribution in [0.1, 0.15) is 15.2 Å². The summed E-state index contributed by atoms with van der Waals surface area (Å²) in [6, 6.07) is 5.99. The van der Waals surface area contributed by atoms with Crippen LogP contribution in [0.5, 0.6) is 0 Å². The summed E-state index contributed by atoms with van der Waals surface area (Å²) in [4.78, 5) is 50.1. The molecule has 2 aromatic rings. The van der Waals surface area contributed by atoms with Gasteiger partial charge in [-0.2, -0.15) is 0 Å². The van der Waals surface area contributed by atoms with Crippen molar-refractivity contribution in [3.05, 3.63) is 63.7 Å². The first-order chi connectivity index (χ1) is 14.8. The highest BCUT2D eigenvalue weighted by Crippen LogP contribution is 2.40. The number of pyridine rings is 1. The molecule has 2 aliphatic heterocycles. The molecule has 32 heavy (non-hydrogen) atoms. The van der Waals surface area contributed by atoms with E-state index in [-0.39, 0.29) is 30.0 Å². The molecule has 4 rings (SSSR count). The number of β-lactam (4-membered cyclic amide) rings is 1. The summed E-state index contributed by atoms with van der Waals surface area (Å²) in [6.45, 7) is 0.210. The van der Waals surface area contributed by atoms with E-state index >= 15 is 0 Å². The number of carboxylic acid groups (broad SMARTS) is 1. The fraction of sp³-hybridized carbons (Fsp3) is 0.250. The second kappa shape index (κ2) is 9.51. The molecule has 0 saturated carbocycles. The Hall–Kier alpha value is -3.22. The number of hydrogen-bond donors (Lipinski definition) is 2. The molecular formula is C20H20N4O6S2. The highest BCUT2D eigenvalue weighted by Gasteiger charge is 2.53. The maximum Gasteiger partial charge on any atom is 0.253 e. The summed E-state index contributed by atoms with van der Waals surface area (Å²) < 4.78 is 1.69. The van der Waals surface area contributed by atoms with E-state index < -0.39 is 29.2 Å². The minimum Gasteiger partial charge on any atom is -0.543 e. The van der Waals surface area contributed by atoms with Crippen molar-refractivity contribution in [2.75, 3.05) is 5.75 Å². The number of primary amides is 1. The third-order valence-corrected chi connectivity index (χ3v) is 7.24. The van der Waals surface area contributed by atoms with Gasteiger partial charge in [-0.15, -0.1) is 23.1 Å². The van der Waals surface area contributed by atoms with Gasteiger partial charge in [0.1, 0.15) is 11.4 Å². The maximum atomic E-state index is 12.7. The Morgan fingerprint density at radius 2 is 1.97 bits per heavy atom. The summed E-state index contributed by atoms with van der Waals surface area (Å²) in [7, 11) is 0. The van der Waals surface area contributed by atoms with Gasteiger partial charge < -0.3 is 26.4 Å². The lowest BCUT2D eigenvalue weighted by Gasteiger charge is -2.50. The Balaban J connectivity index is 0.00000289. The Labute approximate surface area is 191 Å². The molecule has 2 atom stereocenters. The zero-order chi connectivity index (χ0) is 22.1. The lowest BCUT2D eigenvalue weighted by Crippen LogP contribution is -2.71. The fourth-order valence-corrected chi connectivity index (χ4v) is 5.58. The van der Waals surface area contributed by atoms with E-state index in [1.807, 2.05) is 17.5 Å². The van der Waals surface area contributed by atoms with Crippen LogP contribution in [0, 0.1) is 0 Å². The van der Waals surface area contributed by atoms with E-state index in [9.17, 15) is 24.3 Å². The molecule has 2 aromatic heterocycles. The van der Waals surface area contributed by atoms with E-state index in [2.05, 4.69) is 5.32 Å². The number of rotatable bonds is 7. The van der Waals surface area contributed by atoms with Gasteiger partial charge in [-0.3, -0.25) is 19.3 Å². The van der Waals surface area contributed by atoms with Gasteiger partial charge in [0.25, 0.3) is 5.91 Å². The summed E-state index contributed by atoms with van der Waals surface area (Å²) in [5.41, 5.74) is 5.91. The quantitative estimate of drug-likeness (QED) is 0.345. The number of thiophene rings is 1. The van der Waals surface area contributed by atoms with E-state index in [0.717, 1.165) is 4.88 Å². The highest BCUT2D eigenvalue weighted by molar-refractivity contribution is 8.00. The molecule has 12 heteroatoms. The van der Waals surface area contributed by atoms with Crippen molar-refractivity contribution in [2.24, 2.45) is 5.73 Å². The van der Waals surface area contributed by atoms with E-state index in [1.54, 1.807) is 17.0 Å². The minimum absolute atomic E-state index is 0. The number of nitrogens with one attached hydrogen (secondary N) is 1. The molecular weight excluding hydrogens is 456 g/mol. The van der Waals surface area contributed by atoms with Crippen LogP contribution in [-0.2, 0) is 27.3 Å². The predicted molar refractivity (Wildman–Crippen MR) is 114 cm³/mol. The molecule has 4 heterocycles. The summed E-state index contributed by atoms with van der Waals surface area (Å²) in [6.07, 6.45) is 3.40. The van der Waals surface area contributed by atoms with Crippen LogP contribution in [0.4, 0.5) is 0 Å². The Morgan fingerprint density at radius 3 is 2.56 bits per heavy atom. The highest BCUT2D eigenvalue weighted by atomic mass is 32.2. The summed E-state index contributed by atoms with van der Waals surface area (Å²) in [5.74, 6) is -2.39. The third-order valence-electron chi connectivity index (χ3n) is 5.02. The van der Waals surface area contributed by atoms with Crippen LogP contribution < -0.4 is 20.7 Å². The molecule has 3 amide bonds. The van der Waals surface area contributed by atoms with Gasteiger partial charge in [0.15, 0.2) is 18.9 Å². The van der Waals surface area contributed by atoms with Crippen molar-refractivity contribution >= 4 is 46.8 Å². The molecule has 2 aliphatic rings. The Kier molecular flexibility index (Phi) is 6.96. The molecule has 168 valence electrons. The van der Waals surface area contributed by atoms with Crippen LogP contribution in [-0.4, -0.2) is 51.2 Å². The van der Waals surface area contributed by atoms with Crippen LogP contribution in [0.2, 0.25) is 0 Å². The second-order valence-corrected chi connectivity index (χ2v) is 9.21. The van der Waals surface area contributed by atoms with Gasteiger partial charge in [-0.1, -0.05) is 6.07 Å². The third kappa shape index (κ3) is 4.52. The summed E-state index contributed by atoms with van der Waals surface area (Å²) >= 11 is 2.84. The van der Waals surface area contributed by atoms with Crippen molar-refractivity contribution in [3.8, 4) is 0 Å². The Morgan fingerprint density at radius 1 is 1.25 bits per heavy atom. The van der Waals surface area contributed by atoms with Crippen molar-refractivity contribution in [1.29, 1.82) is 0 Å². The average molecular weight is 477 g/mol. The number of carboxylic acids is 1. The van der Waals surface area contributed by atoms with Crippen molar-refractivity contribution in [3.63, 3.8) is 0 Å². The second-order valence-electron chi connectivity index (χ2n) is 7.07. The van der Waals surface area contributed by atoms with Crippen LogP contribution >= 0.6 is 23.1 Å². The number of aliphatic carboxylic acids is 1. The van der Waals surface area contributed by atoms with Crippen LogP contribution in [0.15, 0.2) is 53.3 Å². The van der Waals surface area contributed by atoms with Gasteiger partial charge in [0.05, 0.1) is 23.7 Å². The number of nitrogens with zero attached hydrogens (tertiary/aromatic N) is 2. The molecule has 0 aliphatic carbocycles. The molecule has 0 unspecified atom stereocenters. The number of aromatic nitrogens is 1. The number of thioether (sulfide) groups is 1. The molecule has 0 spiro atoms. The van der Waals surface area contributed by atoms with E-state index in [1.165, 1.54) is 40.1 Å². The van der Waals surface area contributed by atoms with Gasteiger partial charge in [0.2, 0.25) is 11.8 Å². The normalized spacial score (nSPS) is 19.5. The van der Waals surface area contributed by atoms with Crippen LogP contribution in [0.25, 0.3) is 0 Å². The van der Waals surface area contributed by atoms with Gasteiger partial charge in [-0.05, 0) is 11.4 Å². The van der Waals surface area contributed by atoms with Crippen molar-refractivity contribution < 1.29 is 34.3 Å². The number of hydrogen-bond acceptors (Lipinski definition) is 7. The molecule has 10 nitrogen and oxygen atoms in total. The first-order valence-corrected chi connectivity index (χ1v) is 11.3. The predicted octanol–water partition coefficient (Wildman–Crippen LogP) is -2.04. The van der Waals surface area contributed by atoms with Crippen molar-refractivity contribution in [1.82, 2.24) is 10.2 Å². The average Bonchev–Trinajstić information content (AvgIpc) is 3.24. The molecule has 1 fully saturated rings. The number of carbonyl (C=O) groups excluding carboxylic acids is 4. The molecule has 0 aromatic carbocycles. The van der Waals surface area contributed by atoms with Gasteiger partial charge in [-0.25, -0.2) is 4.57 Å². The molecule has 1 saturated heterocycles. The van der Waals surface area contributed by atoms with E-state index in [0.29, 0.717) is 16.9 Å². The Bertz CT molecular complexity index is 1080. The van der Waals surface area contributed by atoms with E-state index in [4.69, 9.17) is 5.73 Å². The van der Waals surface area contributed by atoms with Gasteiger partial charge >= 0.3 is 0 Å². The molecule has 5 N–H and O–H groups in total. The standard InChI is InChI=1S/C20H18N4O5S2.H2O/c21-17(26)11-3-5-23(6-4-11)9-12-10-31-19-15(18(27)24(19)16(12)20(28)29)22-14(25)8-13-2-1-7-30-13;/h1-7,15,19H,8-10H2,(H3-,21,22,25,26,28,29);1H2/t15-,19-;/m1./s1. The zero-order valence-electron chi connectivity index (χ0n) is 16.6. The number of amides is 3. The smallest absolute Gasteiger partial charge is 0.253 e. The molecule has 0 bridgehead atoms.